The first-order valence-corrected chi connectivity index (χ1v) is 8.47. The number of amides is 1. The molecule has 3 rings (SSSR count). The van der Waals surface area contributed by atoms with Gasteiger partial charge in [0.15, 0.2) is 11.5 Å². The number of carbonyl (C=O) groups is 1. The van der Waals surface area contributed by atoms with Gasteiger partial charge in [-0.2, -0.15) is 0 Å². The summed E-state index contributed by atoms with van der Waals surface area (Å²) in [7, 11) is 1.93. The van der Waals surface area contributed by atoms with Crippen LogP contribution in [0.4, 0.5) is 5.69 Å². The van der Waals surface area contributed by atoms with E-state index in [1.54, 1.807) is 0 Å². The number of likely N-dealkylation sites (N-methyl/N-ethyl adjacent to an activating group) is 1. The first-order valence-electron chi connectivity index (χ1n) is 8.47. The predicted molar refractivity (Wildman–Crippen MR) is 98.5 cm³/mol. The van der Waals surface area contributed by atoms with Gasteiger partial charge in [-0.05, 0) is 43.2 Å². The molecule has 1 atom stereocenters. The number of fused-ring (bicyclic) bond motifs is 1. The van der Waals surface area contributed by atoms with Gasteiger partial charge < -0.3 is 19.7 Å². The molecule has 25 heavy (non-hydrogen) atoms. The smallest absolute Gasteiger partial charge is 0.239 e. The highest BCUT2D eigenvalue weighted by Gasteiger charge is 2.21. The van der Waals surface area contributed by atoms with E-state index in [1.807, 2.05) is 48.3 Å². The Balaban J connectivity index is 1.51. The number of carbonyl (C=O) groups excluding carboxylic acids is 1. The van der Waals surface area contributed by atoms with E-state index >= 15 is 0 Å². The highest BCUT2D eigenvalue weighted by Crippen LogP contribution is 2.30. The number of ether oxygens (including phenoxy) is 2. The fourth-order valence-corrected chi connectivity index (χ4v) is 2.90. The summed E-state index contributed by atoms with van der Waals surface area (Å²) in [5, 5.41) is 2.93. The fourth-order valence-electron chi connectivity index (χ4n) is 2.90. The molecule has 0 bridgehead atoms. The molecule has 2 aromatic carbocycles. The van der Waals surface area contributed by atoms with E-state index in [4.69, 9.17) is 9.47 Å². The fraction of sp³-hybridized carbons (Fsp3) is 0.350. The normalized spacial score (nSPS) is 15.6. The van der Waals surface area contributed by atoms with Gasteiger partial charge in [-0.15, -0.1) is 0 Å². The number of hydrogen-bond donors (Lipinski definition) is 1. The van der Waals surface area contributed by atoms with Crippen LogP contribution in [0.3, 0.4) is 0 Å². The third kappa shape index (κ3) is 4.05. The molecule has 0 saturated carbocycles. The Morgan fingerprint density at radius 3 is 2.72 bits per heavy atom. The summed E-state index contributed by atoms with van der Waals surface area (Å²) >= 11 is 0. The highest BCUT2D eigenvalue weighted by molar-refractivity contribution is 5.81. The molecule has 0 aromatic heterocycles. The molecule has 2 aromatic rings. The Bertz CT molecular complexity index is 760. The molecule has 5 heteroatoms. The minimum atomic E-state index is -0.176. The van der Waals surface area contributed by atoms with Gasteiger partial charge in [0.25, 0.3) is 0 Å². The van der Waals surface area contributed by atoms with E-state index in [9.17, 15) is 4.79 Å². The van der Waals surface area contributed by atoms with Crippen LogP contribution in [0.5, 0.6) is 11.5 Å². The predicted octanol–water partition coefficient (Wildman–Crippen LogP) is 2.70. The zero-order chi connectivity index (χ0) is 17.8. The molecular formula is C20H24N2O3. The van der Waals surface area contributed by atoms with Crippen molar-refractivity contribution in [3.8, 4) is 11.5 Å². The van der Waals surface area contributed by atoms with E-state index in [-0.39, 0.29) is 12.0 Å². The molecule has 0 fully saturated rings. The lowest BCUT2D eigenvalue weighted by atomic mass is 10.1. The minimum Gasteiger partial charge on any atom is -0.486 e. The summed E-state index contributed by atoms with van der Waals surface area (Å²) in [5.74, 6) is 1.44. The van der Waals surface area contributed by atoms with Crippen LogP contribution >= 0.6 is 0 Å². The summed E-state index contributed by atoms with van der Waals surface area (Å²) in [6, 6.07) is 13.7. The maximum absolute atomic E-state index is 12.3. The zero-order valence-electron chi connectivity index (χ0n) is 14.9. The number of para-hydroxylation sites is 2. The standard InChI is InChI=1S/C20H24N2O3/c1-14-7-6-8-17(15(14)2)22(3)12-20(23)21-11-16-13-24-18-9-4-5-10-19(18)25-16/h4-10,16H,11-13H2,1-3H3,(H,21,23). The third-order valence-corrected chi connectivity index (χ3v) is 4.46. The SMILES string of the molecule is Cc1cccc(N(C)CC(=O)NCC2COc3ccccc3O2)c1C. The summed E-state index contributed by atoms with van der Waals surface area (Å²) in [6.45, 7) is 5.31. The topological polar surface area (TPSA) is 50.8 Å². The minimum absolute atomic E-state index is 0.0362. The van der Waals surface area contributed by atoms with E-state index in [0.717, 1.165) is 17.2 Å². The van der Waals surface area contributed by atoms with Crippen LogP contribution in [0.25, 0.3) is 0 Å². The van der Waals surface area contributed by atoms with E-state index in [2.05, 4.69) is 25.2 Å². The molecule has 1 heterocycles. The molecule has 1 aliphatic heterocycles. The molecule has 0 spiro atoms. The molecule has 5 nitrogen and oxygen atoms in total. The maximum Gasteiger partial charge on any atom is 0.239 e. The molecule has 1 unspecified atom stereocenters. The maximum atomic E-state index is 12.3. The number of nitrogens with zero attached hydrogens (tertiary/aromatic N) is 1. The van der Waals surface area contributed by atoms with Gasteiger partial charge in [-0.1, -0.05) is 24.3 Å². The highest BCUT2D eigenvalue weighted by atomic mass is 16.6. The molecule has 1 aliphatic rings. The molecule has 0 radical (unpaired) electrons. The summed E-state index contributed by atoms with van der Waals surface area (Å²) in [5.41, 5.74) is 3.48. The van der Waals surface area contributed by atoms with Crippen molar-refractivity contribution < 1.29 is 14.3 Å². The van der Waals surface area contributed by atoms with Gasteiger partial charge in [0, 0.05) is 12.7 Å². The lowest BCUT2D eigenvalue weighted by Crippen LogP contribution is -2.43. The monoisotopic (exact) mass is 340 g/mol. The second-order valence-corrected chi connectivity index (χ2v) is 6.38. The van der Waals surface area contributed by atoms with E-state index < -0.39 is 0 Å². The first-order chi connectivity index (χ1) is 12.0. The van der Waals surface area contributed by atoms with Crippen molar-refractivity contribution in [1.29, 1.82) is 0 Å². The Morgan fingerprint density at radius 1 is 1.16 bits per heavy atom. The van der Waals surface area contributed by atoms with Crippen molar-refractivity contribution in [1.82, 2.24) is 5.32 Å². The van der Waals surface area contributed by atoms with Crippen LogP contribution in [0, 0.1) is 13.8 Å². The molecule has 1 N–H and O–H groups in total. The quantitative estimate of drug-likeness (QED) is 0.909. The molecule has 0 saturated heterocycles. The zero-order valence-corrected chi connectivity index (χ0v) is 14.9. The lowest BCUT2D eigenvalue weighted by molar-refractivity contribution is -0.120. The molecule has 1 amide bonds. The van der Waals surface area contributed by atoms with Crippen molar-refractivity contribution in [2.45, 2.75) is 20.0 Å². The Morgan fingerprint density at radius 2 is 1.92 bits per heavy atom. The van der Waals surface area contributed by atoms with Crippen molar-refractivity contribution in [3.63, 3.8) is 0 Å². The molecule has 0 aliphatic carbocycles. The van der Waals surface area contributed by atoms with Crippen LogP contribution in [-0.4, -0.2) is 38.8 Å². The number of aryl methyl sites for hydroxylation is 1. The second-order valence-electron chi connectivity index (χ2n) is 6.38. The summed E-state index contributed by atoms with van der Waals surface area (Å²) in [4.78, 5) is 14.2. The Kier molecular flexibility index (Phi) is 5.12. The molecular weight excluding hydrogens is 316 g/mol. The number of nitrogens with one attached hydrogen (secondary N) is 1. The van der Waals surface area contributed by atoms with Gasteiger partial charge in [0.1, 0.15) is 12.7 Å². The van der Waals surface area contributed by atoms with Crippen LogP contribution in [-0.2, 0) is 4.79 Å². The number of anilines is 1. The van der Waals surface area contributed by atoms with Crippen LogP contribution in [0.15, 0.2) is 42.5 Å². The number of benzene rings is 2. The van der Waals surface area contributed by atoms with E-state index in [0.29, 0.717) is 19.7 Å². The third-order valence-electron chi connectivity index (χ3n) is 4.46. The Hall–Kier alpha value is -2.69. The number of rotatable bonds is 5. The van der Waals surface area contributed by atoms with Crippen LogP contribution < -0.4 is 19.7 Å². The van der Waals surface area contributed by atoms with E-state index in [1.165, 1.54) is 11.1 Å². The van der Waals surface area contributed by atoms with Gasteiger partial charge >= 0.3 is 0 Å². The van der Waals surface area contributed by atoms with Crippen LogP contribution in [0.2, 0.25) is 0 Å². The Labute approximate surface area is 148 Å². The summed E-state index contributed by atoms with van der Waals surface area (Å²) in [6.07, 6.45) is -0.176. The lowest BCUT2D eigenvalue weighted by Gasteiger charge is -2.27. The number of hydrogen-bond acceptors (Lipinski definition) is 4. The average Bonchev–Trinajstić information content (AvgIpc) is 2.62. The van der Waals surface area contributed by atoms with Gasteiger partial charge in [-0.3, -0.25) is 4.79 Å². The van der Waals surface area contributed by atoms with Gasteiger partial charge in [0.2, 0.25) is 5.91 Å². The van der Waals surface area contributed by atoms with Crippen molar-refractivity contribution in [2.75, 3.05) is 31.6 Å². The van der Waals surface area contributed by atoms with Crippen LogP contribution in [0.1, 0.15) is 11.1 Å². The van der Waals surface area contributed by atoms with Crippen molar-refractivity contribution in [3.05, 3.63) is 53.6 Å². The van der Waals surface area contributed by atoms with Crippen molar-refractivity contribution >= 4 is 11.6 Å². The average molecular weight is 340 g/mol. The largest absolute Gasteiger partial charge is 0.486 e. The van der Waals surface area contributed by atoms with Crippen molar-refractivity contribution in [2.24, 2.45) is 0 Å². The van der Waals surface area contributed by atoms with Gasteiger partial charge in [0.05, 0.1) is 13.1 Å². The first kappa shape index (κ1) is 17.1. The second kappa shape index (κ2) is 7.47. The molecule has 132 valence electrons. The summed E-state index contributed by atoms with van der Waals surface area (Å²) < 4.78 is 11.5. The van der Waals surface area contributed by atoms with Gasteiger partial charge in [-0.25, -0.2) is 0 Å².